The maximum Gasteiger partial charge on any atom is 0.276 e. The molecular formula is C11H15NO4. The molecule has 0 spiro atoms. The third-order valence-electron chi connectivity index (χ3n) is 2.32. The Labute approximate surface area is 93.8 Å². The molecule has 0 aliphatic carbocycles. The Morgan fingerprint density at radius 1 is 1.56 bits per heavy atom. The van der Waals surface area contributed by atoms with E-state index in [9.17, 15) is 10.1 Å². The van der Waals surface area contributed by atoms with E-state index in [2.05, 4.69) is 0 Å². The van der Waals surface area contributed by atoms with Crippen molar-refractivity contribution in [2.45, 2.75) is 25.9 Å². The lowest BCUT2D eigenvalue weighted by Gasteiger charge is -2.06. The SMILES string of the molecule is COc1ccc(CC[C@H](C)O)c([N+](=O)[O-])c1. The van der Waals surface area contributed by atoms with Crippen LogP contribution in [0.5, 0.6) is 5.75 Å². The van der Waals surface area contributed by atoms with Crippen molar-refractivity contribution in [3.63, 3.8) is 0 Å². The smallest absolute Gasteiger partial charge is 0.276 e. The van der Waals surface area contributed by atoms with Crippen LogP contribution in [0.1, 0.15) is 18.9 Å². The van der Waals surface area contributed by atoms with Crippen molar-refractivity contribution in [2.24, 2.45) is 0 Å². The van der Waals surface area contributed by atoms with Crippen molar-refractivity contribution in [1.82, 2.24) is 0 Å². The van der Waals surface area contributed by atoms with Crippen molar-refractivity contribution >= 4 is 5.69 Å². The van der Waals surface area contributed by atoms with Gasteiger partial charge in [-0.3, -0.25) is 10.1 Å². The van der Waals surface area contributed by atoms with E-state index in [0.29, 0.717) is 24.2 Å². The Morgan fingerprint density at radius 2 is 2.25 bits per heavy atom. The minimum Gasteiger partial charge on any atom is -0.497 e. The highest BCUT2D eigenvalue weighted by atomic mass is 16.6. The Kier molecular flexibility index (Phi) is 4.25. The maximum absolute atomic E-state index is 10.8. The number of methoxy groups -OCH3 is 1. The number of rotatable bonds is 5. The minimum atomic E-state index is -0.457. The molecule has 1 rings (SSSR count). The van der Waals surface area contributed by atoms with Crippen molar-refractivity contribution in [3.8, 4) is 5.75 Å². The number of hydrogen-bond acceptors (Lipinski definition) is 4. The highest BCUT2D eigenvalue weighted by Crippen LogP contribution is 2.25. The minimum absolute atomic E-state index is 0.0417. The van der Waals surface area contributed by atoms with Crippen LogP contribution in [0.25, 0.3) is 0 Å². The average molecular weight is 225 g/mol. The molecule has 0 radical (unpaired) electrons. The third kappa shape index (κ3) is 3.20. The van der Waals surface area contributed by atoms with Gasteiger partial charge in [0.15, 0.2) is 0 Å². The Balaban J connectivity index is 2.94. The second-order valence-electron chi connectivity index (χ2n) is 3.64. The van der Waals surface area contributed by atoms with Crippen LogP contribution in [-0.2, 0) is 6.42 Å². The first-order chi connectivity index (χ1) is 7.54. The van der Waals surface area contributed by atoms with E-state index in [1.54, 1.807) is 19.1 Å². The number of nitro groups is 1. The molecule has 0 aliphatic rings. The Bertz CT molecular complexity index is 376. The molecule has 0 bridgehead atoms. The summed E-state index contributed by atoms with van der Waals surface area (Å²) in [6.45, 7) is 1.66. The van der Waals surface area contributed by atoms with Gasteiger partial charge in [0.1, 0.15) is 5.75 Å². The molecule has 1 aromatic carbocycles. The van der Waals surface area contributed by atoms with Gasteiger partial charge in [0.25, 0.3) is 5.69 Å². The molecule has 0 saturated heterocycles. The van der Waals surface area contributed by atoms with Crippen LogP contribution in [0.3, 0.4) is 0 Å². The van der Waals surface area contributed by atoms with Gasteiger partial charge < -0.3 is 9.84 Å². The van der Waals surface area contributed by atoms with Crippen LogP contribution in [-0.4, -0.2) is 23.2 Å². The van der Waals surface area contributed by atoms with Crippen LogP contribution >= 0.6 is 0 Å². The summed E-state index contributed by atoms with van der Waals surface area (Å²) >= 11 is 0. The monoisotopic (exact) mass is 225 g/mol. The lowest BCUT2D eigenvalue weighted by atomic mass is 10.1. The van der Waals surface area contributed by atoms with Crippen LogP contribution in [0.4, 0.5) is 5.69 Å². The maximum atomic E-state index is 10.8. The second-order valence-corrected chi connectivity index (χ2v) is 3.64. The zero-order chi connectivity index (χ0) is 12.1. The van der Waals surface area contributed by atoms with Gasteiger partial charge >= 0.3 is 0 Å². The predicted molar refractivity (Wildman–Crippen MR) is 59.7 cm³/mol. The molecule has 0 amide bonds. The van der Waals surface area contributed by atoms with E-state index in [-0.39, 0.29) is 5.69 Å². The summed E-state index contributed by atoms with van der Waals surface area (Å²) in [7, 11) is 1.47. The Morgan fingerprint density at radius 3 is 2.75 bits per heavy atom. The number of benzene rings is 1. The van der Waals surface area contributed by atoms with Gasteiger partial charge in [-0.1, -0.05) is 0 Å². The fourth-order valence-corrected chi connectivity index (χ4v) is 1.42. The molecule has 0 unspecified atom stereocenters. The molecule has 5 nitrogen and oxygen atoms in total. The molecule has 5 heteroatoms. The quantitative estimate of drug-likeness (QED) is 0.613. The van der Waals surface area contributed by atoms with Gasteiger partial charge in [0.05, 0.1) is 24.2 Å². The summed E-state index contributed by atoms with van der Waals surface area (Å²) in [5, 5.41) is 20.0. The number of hydrogen-bond donors (Lipinski definition) is 1. The van der Waals surface area contributed by atoms with Crippen LogP contribution in [0.2, 0.25) is 0 Å². The molecule has 0 saturated carbocycles. The molecule has 0 fully saturated rings. The van der Waals surface area contributed by atoms with E-state index in [1.807, 2.05) is 0 Å². The van der Waals surface area contributed by atoms with Gasteiger partial charge in [0.2, 0.25) is 0 Å². The molecule has 88 valence electrons. The number of aryl methyl sites for hydroxylation is 1. The van der Waals surface area contributed by atoms with Crippen molar-refractivity contribution < 1.29 is 14.8 Å². The third-order valence-corrected chi connectivity index (χ3v) is 2.32. The first-order valence-corrected chi connectivity index (χ1v) is 5.04. The topological polar surface area (TPSA) is 72.6 Å². The standard InChI is InChI=1S/C11H15NO4/c1-8(13)3-4-9-5-6-10(16-2)7-11(9)12(14)15/h5-8,13H,3-4H2,1-2H3/t8-/m0/s1. The van der Waals surface area contributed by atoms with Gasteiger partial charge in [-0.15, -0.1) is 0 Å². The van der Waals surface area contributed by atoms with Gasteiger partial charge in [-0.05, 0) is 31.9 Å². The average Bonchev–Trinajstić information content (AvgIpc) is 2.25. The molecular weight excluding hydrogens is 210 g/mol. The van der Waals surface area contributed by atoms with Gasteiger partial charge in [-0.2, -0.15) is 0 Å². The van der Waals surface area contributed by atoms with Crippen molar-refractivity contribution in [1.29, 1.82) is 0 Å². The number of aliphatic hydroxyl groups is 1. The highest BCUT2D eigenvalue weighted by molar-refractivity contribution is 5.46. The van der Waals surface area contributed by atoms with Crippen molar-refractivity contribution in [3.05, 3.63) is 33.9 Å². The second kappa shape index (κ2) is 5.46. The van der Waals surface area contributed by atoms with Crippen molar-refractivity contribution in [2.75, 3.05) is 7.11 Å². The van der Waals surface area contributed by atoms with E-state index in [1.165, 1.54) is 13.2 Å². The lowest BCUT2D eigenvalue weighted by Crippen LogP contribution is -2.03. The lowest BCUT2D eigenvalue weighted by molar-refractivity contribution is -0.385. The number of aliphatic hydroxyl groups excluding tert-OH is 1. The molecule has 0 aliphatic heterocycles. The van der Waals surface area contributed by atoms with Crippen LogP contribution in [0, 0.1) is 10.1 Å². The molecule has 16 heavy (non-hydrogen) atoms. The highest BCUT2D eigenvalue weighted by Gasteiger charge is 2.15. The molecule has 1 aromatic rings. The fraction of sp³-hybridized carbons (Fsp3) is 0.455. The Hall–Kier alpha value is -1.62. The zero-order valence-electron chi connectivity index (χ0n) is 9.34. The largest absolute Gasteiger partial charge is 0.497 e. The van der Waals surface area contributed by atoms with Gasteiger partial charge in [-0.25, -0.2) is 0 Å². The first-order valence-electron chi connectivity index (χ1n) is 5.04. The van der Waals surface area contributed by atoms with E-state index >= 15 is 0 Å². The number of ether oxygens (including phenoxy) is 1. The molecule has 1 N–H and O–H groups in total. The van der Waals surface area contributed by atoms with Crippen LogP contribution < -0.4 is 4.74 Å². The molecule has 1 atom stereocenters. The van der Waals surface area contributed by atoms with E-state index < -0.39 is 11.0 Å². The summed E-state index contributed by atoms with van der Waals surface area (Å²) in [6, 6.07) is 4.75. The first kappa shape index (κ1) is 12.4. The molecule has 0 heterocycles. The normalized spacial score (nSPS) is 12.2. The predicted octanol–water partition coefficient (Wildman–Crippen LogP) is 1.92. The summed E-state index contributed by atoms with van der Waals surface area (Å²) in [5.74, 6) is 0.465. The van der Waals surface area contributed by atoms with E-state index in [0.717, 1.165) is 0 Å². The number of nitro benzene ring substituents is 1. The summed E-state index contributed by atoms with van der Waals surface area (Å²) in [6.07, 6.45) is 0.534. The summed E-state index contributed by atoms with van der Waals surface area (Å²) in [5.41, 5.74) is 0.659. The summed E-state index contributed by atoms with van der Waals surface area (Å²) < 4.78 is 4.93. The van der Waals surface area contributed by atoms with Crippen LogP contribution in [0.15, 0.2) is 18.2 Å². The zero-order valence-corrected chi connectivity index (χ0v) is 9.34. The fourth-order valence-electron chi connectivity index (χ4n) is 1.42. The summed E-state index contributed by atoms with van der Waals surface area (Å²) in [4.78, 5) is 10.4. The van der Waals surface area contributed by atoms with E-state index in [4.69, 9.17) is 9.84 Å². The number of nitrogens with zero attached hydrogens (tertiary/aromatic N) is 1. The molecule has 0 aromatic heterocycles. The van der Waals surface area contributed by atoms with Gasteiger partial charge in [0, 0.05) is 5.56 Å².